The van der Waals surface area contributed by atoms with Gasteiger partial charge in [0.05, 0.1) is 15.6 Å². The van der Waals surface area contributed by atoms with Crippen molar-refractivity contribution < 1.29 is 23.9 Å². The van der Waals surface area contributed by atoms with Crippen molar-refractivity contribution in [2.75, 3.05) is 6.61 Å². The first kappa shape index (κ1) is 16.1. The van der Waals surface area contributed by atoms with Crippen molar-refractivity contribution in [1.82, 2.24) is 5.32 Å². The number of hydrogen-bond donors (Lipinski definition) is 2. The zero-order valence-corrected chi connectivity index (χ0v) is 11.8. The first-order chi connectivity index (χ1) is 9.38. The third-order valence-corrected chi connectivity index (χ3v) is 3.30. The van der Waals surface area contributed by atoms with Gasteiger partial charge in [0, 0.05) is 6.42 Å². The van der Waals surface area contributed by atoms with Crippen LogP contribution in [0.5, 0.6) is 0 Å². The number of Topliss-reactive ketones (excluding diaryl/α,β-unsaturated/α-hetero) is 1. The lowest BCUT2D eigenvalue weighted by atomic mass is 10.2. The lowest BCUT2D eigenvalue weighted by Crippen LogP contribution is -2.37. The molecule has 0 spiro atoms. The van der Waals surface area contributed by atoms with E-state index in [4.69, 9.17) is 17.3 Å². The SMILES string of the molecule is NC(=O)NC(=O)COC(=O)CCC(=O)c1ccc(Cl)s1. The van der Waals surface area contributed by atoms with Crippen LogP contribution in [0.1, 0.15) is 22.5 Å². The van der Waals surface area contributed by atoms with Gasteiger partial charge in [-0.3, -0.25) is 19.7 Å². The Morgan fingerprint density at radius 3 is 2.50 bits per heavy atom. The second-order valence-electron chi connectivity index (χ2n) is 3.60. The highest BCUT2D eigenvalue weighted by Gasteiger charge is 2.13. The summed E-state index contributed by atoms with van der Waals surface area (Å²) in [4.78, 5) is 44.7. The molecular weight excluding hydrogens is 308 g/mol. The maximum atomic E-state index is 11.6. The van der Waals surface area contributed by atoms with Crippen molar-refractivity contribution >= 4 is 46.6 Å². The lowest BCUT2D eigenvalue weighted by Gasteiger charge is -2.03. The Bertz CT molecular complexity index is 543. The molecule has 0 unspecified atom stereocenters. The van der Waals surface area contributed by atoms with Gasteiger partial charge in [0.2, 0.25) is 0 Å². The Morgan fingerprint density at radius 1 is 1.25 bits per heavy atom. The van der Waals surface area contributed by atoms with Crippen LogP contribution in [-0.4, -0.2) is 30.3 Å². The minimum Gasteiger partial charge on any atom is -0.456 e. The molecule has 0 radical (unpaired) electrons. The monoisotopic (exact) mass is 318 g/mol. The molecule has 0 aliphatic heterocycles. The number of primary amides is 1. The summed E-state index contributed by atoms with van der Waals surface area (Å²) in [5, 5.41) is 1.73. The van der Waals surface area contributed by atoms with E-state index in [0.29, 0.717) is 9.21 Å². The van der Waals surface area contributed by atoms with Crippen LogP contribution >= 0.6 is 22.9 Å². The van der Waals surface area contributed by atoms with Gasteiger partial charge in [-0.15, -0.1) is 11.3 Å². The van der Waals surface area contributed by atoms with Crippen LogP contribution < -0.4 is 11.1 Å². The molecule has 0 fully saturated rings. The predicted molar refractivity (Wildman–Crippen MR) is 71.6 cm³/mol. The standard InChI is InChI=1S/C11H11ClN2O5S/c12-8-3-2-7(20-8)6(15)1-4-10(17)19-5-9(16)14-11(13)18/h2-3H,1,4-5H2,(H3,13,14,16,18). The van der Waals surface area contributed by atoms with Crippen LogP contribution in [0.4, 0.5) is 4.79 Å². The zero-order valence-electron chi connectivity index (χ0n) is 10.2. The van der Waals surface area contributed by atoms with Crippen LogP contribution in [0.15, 0.2) is 12.1 Å². The van der Waals surface area contributed by atoms with Crippen LogP contribution in [0.3, 0.4) is 0 Å². The minimum absolute atomic E-state index is 0.0485. The predicted octanol–water partition coefficient (Wildman–Crippen LogP) is 1.10. The van der Waals surface area contributed by atoms with Gasteiger partial charge in [0.1, 0.15) is 0 Å². The summed E-state index contributed by atoms with van der Waals surface area (Å²) in [5.41, 5.74) is 4.70. The fourth-order valence-electron chi connectivity index (χ4n) is 1.19. The highest BCUT2D eigenvalue weighted by atomic mass is 35.5. The molecule has 9 heteroatoms. The van der Waals surface area contributed by atoms with Gasteiger partial charge in [-0.25, -0.2) is 4.79 Å². The zero-order chi connectivity index (χ0) is 15.1. The molecule has 0 aliphatic carbocycles. The number of urea groups is 1. The largest absolute Gasteiger partial charge is 0.456 e. The number of amides is 3. The van der Waals surface area contributed by atoms with E-state index in [1.54, 1.807) is 17.4 Å². The molecule has 0 atom stereocenters. The maximum Gasteiger partial charge on any atom is 0.318 e. The number of carbonyl (C=O) groups is 4. The molecule has 0 aromatic carbocycles. The first-order valence-electron chi connectivity index (χ1n) is 5.42. The highest BCUT2D eigenvalue weighted by molar-refractivity contribution is 7.18. The molecule has 20 heavy (non-hydrogen) atoms. The summed E-state index contributed by atoms with van der Waals surface area (Å²) in [6, 6.07) is 2.13. The molecule has 1 aromatic heterocycles. The number of nitrogens with one attached hydrogen (secondary N) is 1. The Morgan fingerprint density at radius 2 is 1.95 bits per heavy atom. The van der Waals surface area contributed by atoms with E-state index >= 15 is 0 Å². The third kappa shape index (κ3) is 5.81. The number of thiophene rings is 1. The number of carbonyl (C=O) groups excluding carboxylic acids is 4. The van der Waals surface area contributed by atoms with Gasteiger partial charge in [0.15, 0.2) is 12.4 Å². The smallest absolute Gasteiger partial charge is 0.318 e. The Labute approximate surface area is 123 Å². The van der Waals surface area contributed by atoms with Gasteiger partial charge >= 0.3 is 12.0 Å². The molecule has 108 valence electrons. The van der Waals surface area contributed by atoms with Gasteiger partial charge in [-0.05, 0) is 12.1 Å². The number of halogens is 1. The average Bonchev–Trinajstić information content (AvgIpc) is 2.79. The molecule has 3 N–H and O–H groups in total. The fourth-order valence-corrected chi connectivity index (χ4v) is 2.21. The second kappa shape index (κ2) is 7.61. The minimum atomic E-state index is -1.03. The summed E-state index contributed by atoms with van der Waals surface area (Å²) >= 11 is 6.81. The van der Waals surface area contributed by atoms with Gasteiger partial charge in [-0.1, -0.05) is 11.6 Å². The topological polar surface area (TPSA) is 116 Å². The summed E-state index contributed by atoms with van der Waals surface area (Å²) in [6.07, 6.45) is -0.217. The van der Waals surface area contributed by atoms with Crippen molar-refractivity contribution in [2.45, 2.75) is 12.8 Å². The fraction of sp³-hybridized carbons (Fsp3) is 0.273. The van der Waals surface area contributed by atoms with E-state index < -0.39 is 24.5 Å². The van der Waals surface area contributed by atoms with E-state index in [1.165, 1.54) is 0 Å². The molecule has 0 saturated heterocycles. The molecule has 3 amide bonds. The van der Waals surface area contributed by atoms with Gasteiger partial charge < -0.3 is 10.5 Å². The number of rotatable bonds is 6. The van der Waals surface area contributed by atoms with Crippen molar-refractivity contribution in [3.05, 3.63) is 21.3 Å². The Hall–Kier alpha value is -1.93. The van der Waals surface area contributed by atoms with Crippen molar-refractivity contribution in [3.63, 3.8) is 0 Å². The van der Waals surface area contributed by atoms with E-state index in [2.05, 4.69) is 4.74 Å². The molecular formula is C11H11ClN2O5S. The normalized spacial score (nSPS) is 9.85. The molecule has 1 rings (SSSR count). The van der Waals surface area contributed by atoms with Crippen molar-refractivity contribution in [3.8, 4) is 0 Å². The number of ketones is 1. The molecule has 1 aromatic rings. The Balaban J connectivity index is 2.28. The van der Waals surface area contributed by atoms with Crippen molar-refractivity contribution in [1.29, 1.82) is 0 Å². The van der Waals surface area contributed by atoms with Crippen LogP contribution in [0.2, 0.25) is 4.34 Å². The first-order valence-corrected chi connectivity index (χ1v) is 6.61. The van der Waals surface area contributed by atoms with E-state index in [9.17, 15) is 19.2 Å². The van der Waals surface area contributed by atoms with Crippen LogP contribution in [0.25, 0.3) is 0 Å². The van der Waals surface area contributed by atoms with E-state index in [-0.39, 0.29) is 18.6 Å². The Kier molecular flexibility index (Phi) is 6.13. The number of nitrogens with two attached hydrogens (primary N) is 1. The number of imide groups is 1. The van der Waals surface area contributed by atoms with Crippen molar-refractivity contribution in [2.24, 2.45) is 5.73 Å². The molecule has 0 bridgehead atoms. The molecule has 1 heterocycles. The van der Waals surface area contributed by atoms with Gasteiger partial charge in [-0.2, -0.15) is 0 Å². The quantitative estimate of drug-likeness (QED) is 0.602. The number of hydrogen-bond acceptors (Lipinski definition) is 6. The number of esters is 1. The van der Waals surface area contributed by atoms with E-state index in [1.807, 2.05) is 0 Å². The van der Waals surface area contributed by atoms with Crippen LogP contribution in [-0.2, 0) is 14.3 Å². The second-order valence-corrected chi connectivity index (χ2v) is 5.32. The number of ether oxygens (including phenoxy) is 1. The van der Waals surface area contributed by atoms with Crippen LogP contribution in [0, 0.1) is 0 Å². The summed E-state index contributed by atoms with van der Waals surface area (Å²) < 4.78 is 5.05. The third-order valence-electron chi connectivity index (χ3n) is 2.03. The molecule has 0 saturated carbocycles. The maximum absolute atomic E-state index is 11.6. The summed E-state index contributed by atoms with van der Waals surface area (Å²) in [7, 11) is 0. The van der Waals surface area contributed by atoms with Gasteiger partial charge in [0.25, 0.3) is 5.91 Å². The molecule has 0 aliphatic rings. The lowest BCUT2D eigenvalue weighted by molar-refractivity contribution is -0.148. The summed E-state index contributed by atoms with van der Waals surface area (Å²) in [5.74, 6) is -1.79. The average molecular weight is 319 g/mol. The molecule has 7 nitrogen and oxygen atoms in total. The highest BCUT2D eigenvalue weighted by Crippen LogP contribution is 2.22. The summed E-state index contributed by atoms with van der Waals surface area (Å²) in [6.45, 7) is -0.624. The van der Waals surface area contributed by atoms with E-state index in [0.717, 1.165) is 11.3 Å².